The Hall–Kier alpha value is -2.25. The van der Waals surface area contributed by atoms with E-state index >= 15 is 0 Å². The summed E-state index contributed by atoms with van der Waals surface area (Å²) in [6, 6.07) is 3.70. The Bertz CT molecular complexity index is 500. The fourth-order valence-corrected chi connectivity index (χ4v) is 1.40. The van der Waals surface area contributed by atoms with Gasteiger partial charge in [-0.2, -0.15) is 13.2 Å². The molecule has 0 heterocycles. The maximum Gasteiger partial charge on any atom is 0.390 e. The Balaban J connectivity index is 2.92. The van der Waals surface area contributed by atoms with Crippen molar-refractivity contribution in [3.8, 4) is 0 Å². The minimum atomic E-state index is -4.32. The first-order valence-corrected chi connectivity index (χ1v) is 5.25. The van der Waals surface area contributed by atoms with Crippen molar-refractivity contribution in [2.75, 3.05) is 11.9 Å². The Labute approximate surface area is 106 Å². The van der Waals surface area contributed by atoms with E-state index < -0.39 is 31.0 Å². The zero-order valence-corrected chi connectivity index (χ0v) is 9.75. The molecule has 0 aliphatic carbocycles. The summed E-state index contributed by atoms with van der Waals surface area (Å²) in [4.78, 5) is 22.1. The van der Waals surface area contributed by atoms with Crippen molar-refractivity contribution in [2.24, 2.45) is 11.5 Å². The molecule has 0 atom stereocenters. The molecular weight excluding hydrogens is 263 g/mol. The van der Waals surface area contributed by atoms with Gasteiger partial charge in [0.2, 0.25) is 5.91 Å². The normalized spacial score (nSPS) is 11.1. The highest BCUT2D eigenvalue weighted by Crippen LogP contribution is 2.21. The number of hydrogen-bond donors (Lipinski definition) is 3. The number of alkyl halides is 3. The van der Waals surface area contributed by atoms with Crippen molar-refractivity contribution in [2.45, 2.75) is 12.6 Å². The van der Waals surface area contributed by atoms with E-state index in [1.807, 2.05) is 0 Å². The molecule has 0 aliphatic heterocycles. The predicted molar refractivity (Wildman–Crippen MR) is 62.6 cm³/mol. The number of amides is 2. The first-order chi connectivity index (χ1) is 8.70. The van der Waals surface area contributed by atoms with E-state index in [0.29, 0.717) is 0 Å². The van der Waals surface area contributed by atoms with Crippen LogP contribution in [0.25, 0.3) is 0 Å². The van der Waals surface area contributed by atoms with E-state index in [1.165, 1.54) is 18.2 Å². The zero-order valence-electron chi connectivity index (χ0n) is 9.75. The molecule has 0 unspecified atom stereocenters. The summed E-state index contributed by atoms with van der Waals surface area (Å²) in [6.07, 6.45) is -5.40. The summed E-state index contributed by atoms with van der Waals surface area (Å²) in [5, 5.41) is 2.42. The summed E-state index contributed by atoms with van der Waals surface area (Å²) in [7, 11) is 0. The molecule has 1 aromatic rings. The Morgan fingerprint density at radius 2 is 1.79 bits per heavy atom. The summed E-state index contributed by atoms with van der Waals surface area (Å²) in [6.45, 7) is -0.438. The molecule has 1 rings (SSSR count). The summed E-state index contributed by atoms with van der Waals surface area (Å²) < 4.78 is 36.1. The van der Waals surface area contributed by atoms with Gasteiger partial charge in [0, 0.05) is 17.8 Å². The second-order valence-corrected chi connectivity index (χ2v) is 3.78. The van der Waals surface area contributed by atoms with Crippen molar-refractivity contribution in [1.29, 1.82) is 0 Å². The molecule has 0 saturated heterocycles. The maximum absolute atomic E-state index is 12.0. The molecular formula is C11H12F3N3O2. The molecule has 8 heteroatoms. The SMILES string of the molecule is NC(=O)c1ccc(C(N)=O)c(NCCC(F)(F)F)c1. The van der Waals surface area contributed by atoms with Crippen LogP contribution in [0, 0.1) is 0 Å². The van der Waals surface area contributed by atoms with Gasteiger partial charge < -0.3 is 16.8 Å². The Morgan fingerprint density at radius 1 is 1.16 bits per heavy atom. The standard InChI is InChI=1S/C11H12F3N3O2/c12-11(13,14)3-4-17-8-5-6(9(15)18)1-2-7(8)10(16)19/h1-2,5,17H,3-4H2,(H2,15,18)(H2,16,19). The van der Waals surface area contributed by atoms with Gasteiger partial charge in [-0.15, -0.1) is 0 Å². The highest BCUT2D eigenvalue weighted by molar-refractivity contribution is 6.01. The first-order valence-electron chi connectivity index (χ1n) is 5.25. The van der Waals surface area contributed by atoms with Crippen LogP contribution in [0.3, 0.4) is 0 Å². The highest BCUT2D eigenvalue weighted by Gasteiger charge is 2.26. The number of nitrogens with one attached hydrogen (secondary N) is 1. The third kappa shape index (κ3) is 4.49. The predicted octanol–water partition coefficient (Wildman–Crippen LogP) is 1.25. The first kappa shape index (κ1) is 14.8. The van der Waals surface area contributed by atoms with Gasteiger partial charge in [-0.25, -0.2) is 0 Å². The van der Waals surface area contributed by atoms with Gasteiger partial charge in [-0.1, -0.05) is 0 Å². The fourth-order valence-electron chi connectivity index (χ4n) is 1.40. The number of nitrogens with two attached hydrogens (primary N) is 2. The van der Waals surface area contributed by atoms with Gasteiger partial charge in [0.25, 0.3) is 5.91 Å². The number of carbonyl (C=O) groups excluding carboxylic acids is 2. The van der Waals surface area contributed by atoms with E-state index in [4.69, 9.17) is 11.5 Å². The van der Waals surface area contributed by atoms with Crippen LogP contribution in [0.2, 0.25) is 0 Å². The van der Waals surface area contributed by atoms with Crippen molar-refractivity contribution in [1.82, 2.24) is 0 Å². The van der Waals surface area contributed by atoms with E-state index in [9.17, 15) is 22.8 Å². The van der Waals surface area contributed by atoms with Crippen molar-refractivity contribution in [3.63, 3.8) is 0 Å². The Morgan fingerprint density at radius 3 is 2.26 bits per heavy atom. The van der Waals surface area contributed by atoms with Crippen LogP contribution in [0.1, 0.15) is 27.1 Å². The van der Waals surface area contributed by atoms with Crippen LogP contribution in [0.15, 0.2) is 18.2 Å². The average Bonchev–Trinajstić information content (AvgIpc) is 2.26. The molecule has 104 valence electrons. The van der Waals surface area contributed by atoms with Crippen LogP contribution in [0.5, 0.6) is 0 Å². The number of halogens is 3. The minimum Gasteiger partial charge on any atom is -0.384 e. The van der Waals surface area contributed by atoms with Gasteiger partial charge in [-0.3, -0.25) is 9.59 Å². The third-order valence-corrected chi connectivity index (χ3v) is 2.29. The monoisotopic (exact) mass is 275 g/mol. The lowest BCUT2D eigenvalue weighted by Gasteiger charge is -2.12. The quantitative estimate of drug-likeness (QED) is 0.754. The average molecular weight is 275 g/mol. The molecule has 1 aromatic carbocycles. The Kier molecular flexibility index (Phi) is 4.36. The van der Waals surface area contributed by atoms with Crippen LogP contribution in [-0.2, 0) is 0 Å². The third-order valence-electron chi connectivity index (χ3n) is 2.29. The van der Waals surface area contributed by atoms with Gasteiger partial charge in [-0.05, 0) is 18.2 Å². The lowest BCUT2D eigenvalue weighted by molar-refractivity contribution is -0.131. The topological polar surface area (TPSA) is 98.2 Å². The number of rotatable bonds is 5. The summed E-state index contributed by atoms with van der Waals surface area (Å²) in [5.41, 5.74) is 10.2. The number of hydrogen-bond acceptors (Lipinski definition) is 3. The molecule has 2 amide bonds. The van der Waals surface area contributed by atoms with Gasteiger partial charge in [0.15, 0.2) is 0 Å². The van der Waals surface area contributed by atoms with E-state index in [2.05, 4.69) is 5.32 Å². The molecule has 0 saturated carbocycles. The van der Waals surface area contributed by atoms with Gasteiger partial charge in [0.05, 0.1) is 12.0 Å². The van der Waals surface area contributed by atoms with E-state index in [0.717, 1.165) is 0 Å². The molecule has 5 nitrogen and oxygen atoms in total. The molecule has 0 aromatic heterocycles. The second kappa shape index (κ2) is 5.59. The van der Waals surface area contributed by atoms with E-state index in [-0.39, 0.29) is 16.8 Å². The molecule has 0 fully saturated rings. The highest BCUT2D eigenvalue weighted by atomic mass is 19.4. The van der Waals surface area contributed by atoms with Gasteiger partial charge >= 0.3 is 6.18 Å². The summed E-state index contributed by atoms with van der Waals surface area (Å²) >= 11 is 0. The smallest absolute Gasteiger partial charge is 0.384 e. The molecule has 0 bridgehead atoms. The van der Waals surface area contributed by atoms with E-state index in [1.54, 1.807) is 0 Å². The molecule has 0 radical (unpaired) electrons. The van der Waals surface area contributed by atoms with Crippen molar-refractivity contribution in [3.05, 3.63) is 29.3 Å². The number of carbonyl (C=O) groups is 2. The van der Waals surface area contributed by atoms with Crippen LogP contribution in [-0.4, -0.2) is 24.5 Å². The lowest BCUT2D eigenvalue weighted by atomic mass is 10.1. The largest absolute Gasteiger partial charge is 0.390 e. The lowest BCUT2D eigenvalue weighted by Crippen LogP contribution is -2.19. The maximum atomic E-state index is 12.0. The fraction of sp³-hybridized carbons (Fsp3) is 0.273. The molecule has 0 spiro atoms. The number of primary amides is 2. The molecule has 19 heavy (non-hydrogen) atoms. The van der Waals surface area contributed by atoms with Crippen LogP contribution in [0.4, 0.5) is 18.9 Å². The van der Waals surface area contributed by atoms with Crippen molar-refractivity contribution >= 4 is 17.5 Å². The van der Waals surface area contributed by atoms with Crippen LogP contribution >= 0.6 is 0 Å². The summed E-state index contributed by atoms with van der Waals surface area (Å²) in [5.74, 6) is -1.57. The van der Waals surface area contributed by atoms with Crippen molar-refractivity contribution < 1.29 is 22.8 Å². The number of anilines is 1. The van der Waals surface area contributed by atoms with Gasteiger partial charge in [0.1, 0.15) is 0 Å². The number of benzene rings is 1. The second-order valence-electron chi connectivity index (χ2n) is 3.78. The minimum absolute atomic E-state index is 0.00725. The molecule has 0 aliphatic rings. The van der Waals surface area contributed by atoms with Crippen LogP contribution < -0.4 is 16.8 Å². The molecule has 5 N–H and O–H groups in total. The zero-order chi connectivity index (χ0) is 14.6.